The monoisotopic (exact) mass is 353 g/mol. The van der Waals surface area contributed by atoms with Crippen LogP contribution in [0.15, 0.2) is 36.4 Å². The second kappa shape index (κ2) is 7.33. The number of carbonyl (C=O) groups excluding carboxylic acids is 1. The lowest BCUT2D eigenvalue weighted by Crippen LogP contribution is -2.12. The van der Waals surface area contributed by atoms with E-state index in [-0.39, 0.29) is 30.1 Å². The van der Waals surface area contributed by atoms with Crippen molar-refractivity contribution in [3.05, 3.63) is 53.1 Å². The van der Waals surface area contributed by atoms with Gasteiger partial charge in [-0.15, -0.1) is 0 Å². The molecule has 0 unspecified atom stereocenters. The number of halogens is 3. The third kappa shape index (κ3) is 4.34. The minimum atomic E-state index is -4.37. The molecule has 0 saturated heterocycles. The third-order valence-corrected chi connectivity index (χ3v) is 3.55. The second-order valence-electron chi connectivity index (χ2n) is 5.26. The van der Waals surface area contributed by atoms with Crippen molar-refractivity contribution < 1.29 is 22.7 Å². The van der Waals surface area contributed by atoms with Crippen molar-refractivity contribution in [1.29, 1.82) is 0 Å². The Bertz CT molecular complexity index is 759. The van der Waals surface area contributed by atoms with Gasteiger partial charge in [-0.25, -0.2) is 4.79 Å². The van der Waals surface area contributed by atoms with E-state index in [4.69, 9.17) is 16.2 Å². The third-order valence-electron chi connectivity index (χ3n) is 3.55. The van der Waals surface area contributed by atoms with Gasteiger partial charge in [0.05, 0.1) is 34.8 Å². The predicted octanol–water partition coefficient (Wildman–Crippen LogP) is 3.66. The number of anilines is 3. The van der Waals surface area contributed by atoms with Gasteiger partial charge in [0.25, 0.3) is 0 Å². The zero-order valence-electron chi connectivity index (χ0n) is 13.5. The molecule has 0 heterocycles. The average Bonchev–Trinajstić information content (AvgIpc) is 2.56. The standard InChI is InChI=1S/C17H18F3N3O2/c1-2-25-16(24)12-7-8-13(15(22)14(12)21)23-9-10-3-5-11(6-4-10)17(18,19)20/h3-8,23H,2,9,21-22H2,1H3. The molecule has 0 saturated carbocycles. The van der Waals surface area contributed by atoms with Gasteiger partial charge in [0.2, 0.25) is 0 Å². The van der Waals surface area contributed by atoms with Gasteiger partial charge in [0.1, 0.15) is 0 Å². The van der Waals surface area contributed by atoms with E-state index in [2.05, 4.69) is 5.32 Å². The van der Waals surface area contributed by atoms with Crippen LogP contribution in [-0.2, 0) is 17.5 Å². The first kappa shape index (κ1) is 18.4. The van der Waals surface area contributed by atoms with Crippen molar-refractivity contribution >= 4 is 23.0 Å². The van der Waals surface area contributed by atoms with Crippen molar-refractivity contribution in [2.24, 2.45) is 0 Å². The Morgan fingerprint density at radius 1 is 1.08 bits per heavy atom. The molecule has 0 atom stereocenters. The summed E-state index contributed by atoms with van der Waals surface area (Å²) >= 11 is 0. The van der Waals surface area contributed by atoms with E-state index in [9.17, 15) is 18.0 Å². The highest BCUT2D eigenvalue weighted by molar-refractivity contribution is 6.00. The summed E-state index contributed by atoms with van der Waals surface area (Å²) in [6.07, 6.45) is -4.37. The van der Waals surface area contributed by atoms with Crippen LogP contribution in [0.25, 0.3) is 0 Å². The molecule has 0 aliphatic rings. The summed E-state index contributed by atoms with van der Waals surface area (Å²) < 4.78 is 42.5. The number of benzene rings is 2. The maximum absolute atomic E-state index is 12.5. The highest BCUT2D eigenvalue weighted by Gasteiger charge is 2.29. The fourth-order valence-electron chi connectivity index (χ4n) is 2.19. The lowest BCUT2D eigenvalue weighted by Gasteiger charge is -2.14. The predicted molar refractivity (Wildman–Crippen MR) is 90.0 cm³/mol. The van der Waals surface area contributed by atoms with Gasteiger partial charge in [-0.05, 0) is 36.8 Å². The first-order valence-corrected chi connectivity index (χ1v) is 7.49. The second-order valence-corrected chi connectivity index (χ2v) is 5.26. The Morgan fingerprint density at radius 3 is 2.28 bits per heavy atom. The van der Waals surface area contributed by atoms with E-state index in [0.29, 0.717) is 11.3 Å². The molecule has 0 radical (unpaired) electrons. The summed E-state index contributed by atoms with van der Waals surface area (Å²) in [7, 11) is 0. The maximum atomic E-state index is 12.5. The molecule has 0 aliphatic carbocycles. The van der Waals surface area contributed by atoms with E-state index in [1.54, 1.807) is 13.0 Å². The van der Waals surface area contributed by atoms with Gasteiger partial charge in [0.15, 0.2) is 0 Å². The van der Waals surface area contributed by atoms with Crippen LogP contribution < -0.4 is 16.8 Å². The molecule has 0 aromatic heterocycles. The van der Waals surface area contributed by atoms with Gasteiger partial charge in [-0.3, -0.25) is 0 Å². The quantitative estimate of drug-likeness (QED) is 0.564. The normalized spacial score (nSPS) is 11.2. The topological polar surface area (TPSA) is 90.4 Å². The fourth-order valence-corrected chi connectivity index (χ4v) is 2.19. The van der Waals surface area contributed by atoms with E-state index >= 15 is 0 Å². The number of esters is 1. The highest BCUT2D eigenvalue weighted by Crippen LogP contribution is 2.31. The molecular weight excluding hydrogens is 335 g/mol. The Kier molecular flexibility index (Phi) is 5.41. The van der Waals surface area contributed by atoms with E-state index in [1.165, 1.54) is 18.2 Å². The fraction of sp³-hybridized carbons (Fsp3) is 0.235. The molecule has 2 aromatic rings. The van der Waals surface area contributed by atoms with Gasteiger partial charge in [-0.2, -0.15) is 13.2 Å². The SMILES string of the molecule is CCOC(=O)c1ccc(NCc2ccc(C(F)(F)F)cc2)c(N)c1N. The van der Waals surface area contributed by atoms with Gasteiger partial charge in [0, 0.05) is 6.54 Å². The van der Waals surface area contributed by atoms with Crippen LogP contribution in [0.5, 0.6) is 0 Å². The van der Waals surface area contributed by atoms with E-state index in [0.717, 1.165) is 12.1 Å². The van der Waals surface area contributed by atoms with E-state index in [1.807, 2.05) is 0 Å². The summed E-state index contributed by atoms with van der Waals surface area (Å²) in [4.78, 5) is 11.8. The van der Waals surface area contributed by atoms with Crippen LogP contribution in [0.3, 0.4) is 0 Å². The molecule has 8 heteroatoms. The van der Waals surface area contributed by atoms with Crippen molar-refractivity contribution in [3.8, 4) is 0 Å². The molecule has 0 spiro atoms. The van der Waals surface area contributed by atoms with Crippen molar-refractivity contribution in [2.75, 3.05) is 23.4 Å². The minimum Gasteiger partial charge on any atom is -0.462 e. The van der Waals surface area contributed by atoms with Crippen molar-refractivity contribution in [1.82, 2.24) is 0 Å². The van der Waals surface area contributed by atoms with Crippen LogP contribution in [0.4, 0.5) is 30.2 Å². The lowest BCUT2D eigenvalue weighted by molar-refractivity contribution is -0.137. The van der Waals surface area contributed by atoms with Gasteiger partial charge in [-0.1, -0.05) is 12.1 Å². The van der Waals surface area contributed by atoms with Crippen LogP contribution in [0.1, 0.15) is 28.4 Å². The molecule has 0 amide bonds. The molecule has 25 heavy (non-hydrogen) atoms. The Morgan fingerprint density at radius 2 is 1.72 bits per heavy atom. The molecular formula is C17H18F3N3O2. The van der Waals surface area contributed by atoms with Crippen LogP contribution in [0.2, 0.25) is 0 Å². The Balaban J connectivity index is 2.11. The molecule has 0 aliphatic heterocycles. The van der Waals surface area contributed by atoms with Crippen molar-refractivity contribution in [2.45, 2.75) is 19.6 Å². The first-order chi connectivity index (χ1) is 11.7. The first-order valence-electron chi connectivity index (χ1n) is 7.49. The van der Waals surface area contributed by atoms with E-state index < -0.39 is 17.7 Å². The molecule has 134 valence electrons. The number of nitrogen functional groups attached to an aromatic ring is 2. The number of ether oxygens (including phenoxy) is 1. The lowest BCUT2D eigenvalue weighted by atomic mass is 10.1. The molecule has 0 bridgehead atoms. The minimum absolute atomic E-state index is 0.0934. The van der Waals surface area contributed by atoms with Crippen LogP contribution in [0, 0.1) is 0 Å². The number of nitrogens with one attached hydrogen (secondary N) is 1. The smallest absolute Gasteiger partial charge is 0.416 e. The highest BCUT2D eigenvalue weighted by atomic mass is 19.4. The average molecular weight is 353 g/mol. The van der Waals surface area contributed by atoms with Gasteiger partial charge >= 0.3 is 12.1 Å². The summed E-state index contributed by atoms with van der Waals surface area (Å²) in [6.45, 7) is 2.14. The zero-order valence-corrected chi connectivity index (χ0v) is 13.5. The molecule has 0 fully saturated rings. The summed E-state index contributed by atoms with van der Waals surface area (Å²) in [5.74, 6) is -0.569. The zero-order chi connectivity index (χ0) is 18.6. The number of hydrogen-bond donors (Lipinski definition) is 3. The number of hydrogen-bond acceptors (Lipinski definition) is 5. The molecule has 5 N–H and O–H groups in total. The molecule has 2 aromatic carbocycles. The summed E-state index contributed by atoms with van der Waals surface area (Å²) in [5.41, 5.74) is 12.6. The Labute approximate surface area is 142 Å². The number of rotatable bonds is 5. The van der Waals surface area contributed by atoms with Crippen LogP contribution >= 0.6 is 0 Å². The number of alkyl halides is 3. The summed E-state index contributed by atoms with van der Waals surface area (Å²) in [6, 6.07) is 7.84. The maximum Gasteiger partial charge on any atom is 0.416 e. The summed E-state index contributed by atoms with van der Waals surface area (Å²) in [5, 5.41) is 2.99. The van der Waals surface area contributed by atoms with Crippen LogP contribution in [-0.4, -0.2) is 12.6 Å². The molecule has 2 rings (SSSR count). The number of carbonyl (C=O) groups is 1. The largest absolute Gasteiger partial charge is 0.462 e. The number of nitrogens with two attached hydrogens (primary N) is 2. The van der Waals surface area contributed by atoms with Crippen molar-refractivity contribution in [3.63, 3.8) is 0 Å². The Hall–Kier alpha value is -2.90. The molecule has 5 nitrogen and oxygen atoms in total. The van der Waals surface area contributed by atoms with Gasteiger partial charge < -0.3 is 21.5 Å².